The molecule has 2 aromatic rings. The van der Waals surface area contributed by atoms with Gasteiger partial charge in [-0.15, -0.1) is 0 Å². The summed E-state index contributed by atoms with van der Waals surface area (Å²) < 4.78 is 85.7. The van der Waals surface area contributed by atoms with Crippen LogP contribution in [0.25, 0.3) is 0 Å². The Balaban J connectivity index is 1.58. The zero-order chi connectivity index (χ0) is 26.1. The number of benzene rings is 2. The molecule has 0 amide bonds. The van der Waals surface area contributed by atoms with Crippen LogP contribution >= 0.6 is 0 Å². The van der Waals surface area contributed by atoms with Crippen LogP contribution in [-0.4, -0.2) is 50.0 Å². The lowest BCUT2D eigenvalue weighted by Crippen LogP contribution is -2.44. The maximum atomic E-state index is 13.7. The van der Waals surface area contributed by atoms with Crippen LogP contribution in [0, 0.1) is 0 Å². The Labute approximate surface area is 205 Å². The minimum Gasteiger partial charge on any atom is -0.497 e. The summed E-state index contributed by atoms with van der Waals surface area (Å²) in [6.45, 7) is 3.24. The monoisotopic (exact) mass is 514 g/mol. The molecule has 4 rings (SSSR count). The molecule has 10 heteroatoms. The zero-order valence-electron chi connectivity index (χ0n) is 19.9. The lowest BCUT2D eigenvalue weighted by Gasteiger charge is -2.38. The minimum atomic E-state index is -4.67. The van der Waals surface area contributed by atoms with Gasteiger partial charge in [-0.2, -0.15) is 26.3 Å². The second-order valence-corrected chi connectivity index (χ2v) is 9.40. The van der Waals surface area contributed by atoms with Gasteiger partial charge in [0.2, 0.25) is 0 Å². The first-order valence-electron chi connectivity index (χ1n) is 11.9. The normalized spacial score (nSPS) is 18.0. The molecule has 2 aliphatic rings. The molecular weight excluding hydrogens is 486 g/mol. The number of ketones is 1. The van der Waals surface area contributed by atoms with E-state index in [1.165, 1.54) is 19.2 Å². The maximum Gasteiger partial charge on any atom is 0.416 e. The number of rotatable bonds is 6. The molecule has 2 aliphatic heterocycles. The van der Waals surface area contributed by atoms with E-state index in [-0.39, 0.29) is 16.9 Å². The van der Waals surface area contributed by atoms with Crippen molar-refractivity contribution in [2.75, 3.05) is 38.2 Å². The van der Waals surface area contributed by atoms with Gasteiger partial charge in [0.1, 0.15) is 5.75 Å². The summed E-state index contributed by atoms with van der Waals surface area (Å²) in [6.07, 6.45) is -5.84. The minimum absolute atomic E-state index is 0.0112. The summed E-state index contributed by atoms with van der Waals surface area (Å²) >= 11 is 0. The largest absolute Gasteiger partial charge is 0.497 e. The van der Waals surface area contributed by atoms with E-state index in [1.807, 2.05) is 4.90 Å². The number of piperidine rings is 1. The van der Waals surface area contributed by atoms with E-state index in [4.69, 9.17) is 4.74 Å². The lowest BCUT2D eigenvalue weighted by atomic mass is 9.97. The molecule has 4 nitrogen and oxygen atoms in total. The number of methoxy groups -OCH3 is 1. The Hall–Kier alpha value is -2.75. The van der Waals surface area contributed by atoms with Crippen LogP contribution in [-0.2, 0) is 18.8 Å². The van der Waals surface area contributed by atoms with Crippen molar-refractivity contribution in [2.45, 2.75) is 50.5 Å². The SMILES string of the molecule is COc1cc(CC(=O)c2cc(N3CCC(N4CCCC4)CC3)cc(C(F)(F)F)c2)cc(C(F)(F)F)c1. The molecule has 0 aliphatic carbocycles. The first-order valence-corrected chi connectivity index (χ1v) is 11.9. The molecule has 36 heavy (non-hydrogen) atoms. The molecule has 0 radical (unpaired) electrons. The van der Waals surface area contributed by atoms with Gasteiger partial charge in [-0.05, 0) is 80.7 Å². The molecular formula is C26H28F6N2O2. The zero-order valence-corrected chi connectivity index (χ0v) is 19.9. The summed E-state index contributed by atoms with van der Waals surface area (Å²) in [6, 6.07) is 6.55. The average molecular weight is 515 g/mol. The van der Waals surface area contributed by atoms with Crippen molar-refractivity contribution in [3.05, 3.63) is 58.7 Å². The van der Waals surface area contributed by atoms with Crippen LogP contribution in [0.3, 0.4) is 0 Å². The second-order valence-electron chi connectivity index (χ2n) is 9.40. The molecule has 0 saturated carbocycles. The highest BCUT2D eigenvalue weighted by molar-refractivity contribution is 5.98. The van der Waals surface area contributed by atoms with E-state index in [9.17, 15) is 31.1 Å². The Bertz CT molecular complexity index is 1080. The van der Waals surface area contributed by atoms with Gasteiger partial charge in [0.25, 0.3) is 0 Å². The van der Waals surface area contributed by atoms with E-state index in [0.29, 0.717) is 24.8 Å². The van der Waals surface area contributed by atoms with Crippen molar-refractivity contribution >= 4 is 11.5 Å². The van der Waals surface area contributed by atoms with E-state index in [1.54, 1.807) is 0 Å². The van der Waals surface area contributed by atoms with Crippen LogP contribution in [0.2, 0.25) is 0 Å². The van der Waals surface area contributed by atoms with Gasteiger partial charge < -0.3 is 14.5 Å². The van der Waals surface area contributed by atoms with Gasteiger partial charge in [-0.1, -0.05) is 0 Å². The smallest absolute Gasteiger partial charge is 0.416 e. The van der Waals surface area contributed by atoms with Crippen LogP contribution in [0.4, 0.5) is 32.0 Å². The van der Waals surface area contributed by atoms with Crippen LogP contribution in [0.5, 0.6) is 5.75 Å². The topological polar surface area (TPSA) is 32.8 Å². The number of Topliss-reactive ketones (excluding diaryl/α,β-unsaturated/α-hetero) is 1. The molecule has 0 bridgehead atoms. The molecule has 2 saturated heterocycles. The van der Waals surface area contributed by atoms with E-state index >= 15 is 0 Å². The highest BCUT2D eigenvalue weighted by Crippen LogP contribution is 2.36. The van der Waals surface area contributed by atoms with Crippen LogP contribution in [0.1, 0.15) is 52.7 Å². The molecule has 0 aromatic heterocycles. The molecule has 2 fully saturated rings. The lowest BCUT2D eigenvalue weighted by molar-refractivity contribution is -0.138. The number of alkyl halides is 6. The molecule has 2 aromatic carbocycles. The van der Waals surface area contributed by atoms with Gasteiger partial charge in [-0.3, -0.25) is 4.79 Å². The Morgan fingerprint density at radius 3 is 2.06 bits per heavy atom. The molecule has 0 atom stereocenters. The number of anilines is 1. The van der Waals surface area contributed by atoms with Crippen molar-refractivity contribution in [1.29, 1.82) is 0 Å². The fourth-order valence-corrected chi connectivity index (χ4v) is 5.05. The van der Waals surface area contributed by atoms with Crippen molar-refractivity contribution in [3.8, 4) is 5.75 Å². The predicted octanol–water partition coefficient (Wildman–Crippen LogP) is 6.22. The van der Waals surface area contributed by atoms with Gasteiger partial charge in [-0.25, -0.2) is 0 Å². The summed E-state index contributed by atoms with van der Waals surface area (Å²) in [5.74, 6) is -0.783. The molecule has 0 unspecified atom stereocenters. The standard InChI is InChI=1S/C26H28F6N2O2/c1-36-23-11-17(10-19(16-23)25(27,28)29)12-24(35)18-13-20(26(30,31)32)15-22(14-18)34-8-4-21(5-9-34)33-6-2-3-7-33/h10-11,13-16,21H,2-9,12H2,1H3. The fourth-order valence-electron chi connectivity index (χ4n) is 5.05. The van der Waals surface area contributed by atoms with Crippen LogP contribution < -0.4 is 9.64 Å². The van der Waals surface area contributed by atoms with Crippen molar-refractivity contribution in [2.24, 2.45) is 0 Å². The van der Waals surface area contributed by atoms with Crippen molar-refractivity contribution in [3.63, 3.8) is 0 Å². The highest BCUT2D eigenvalue weighted by atomic mass is 19.4. The van der Waals surface area contributed by atoms with Crippen LogP contribution in [0.15, 0.2) is 36.4 Å². The second kappa shape index (κ2) is 10.3. The van der Waals surface area contributed by atoms with E-state index in [2.05, 4.69) is 4.90 Å². The number of halogens is 6. The van der Waals surface area contributed by atoms with Gasteiger partial charge in [0.05, 0.1) is 18.2 Å². The number of likely N-dealkylation sites (tertiary alicyclic amines) is 1. The predicted molar refractivity (Wildman–Crippen MR) is 124 cm³/mol. The molecule has 196 valence electrons. The Morgan fingerprint density at radius 1 is 0.861 bits per heavy atom. The summed E-state index contributed by atoms with van der Waals surface area (Å²) in [5, 5.41) is 0. The number of hydrogen-bond donors (Lipinski definition) is 0. The van der Waals surface area contributed by atoms with E-state index < -0.39 is 35.7 Å². The number of nitrogens with zero attached hydrogens (tertiary/aromatic N) is 2. The summed E-state index contributed by atoms with van der Waals surface area (Å²) in [7, 11) is 1.20. The van der Waals surface area contributed by atoms with Gasteiger partial charge >= 0.3 is 12.4 Å². The summed E-state index contributed by atoms with van der Waals surface area (Å²) in [4.78, 5) is 17.3. The van der Waals surface area contributed by atoms with Crippen molar-refractivity contribution in [1.82, 2.24) is 4.90 Å². The van der Waals surface area contributed by atoms with Gasteiger partial charge in [0, 0.05) is 36.8 Å². The number of carbonyl (C=O) groups excluding carboxylic acids is 1. The van der Waals surface area contributed by atoms with Crippen molar-refractivity contribution < 1.29 is 35.9 Å². The highest BCUT2D eigenvalue weighted by Gasteiger charge is 2.34. The Kier molecular flexibility index (Phi) is 7.54. The maximum absolute atomic E-state index is 13.7. The summed E-state index contributed by atoms with van der Waals surface area (Å²) in [5.41, 5.74) is -1.81. The van der Waals surface area contributed by atoms with E-state index in [0.717, 1.165) is 63.0 Å². The molecule has 2 heterocycles. The Morgan fingerprint density at radius 2 is 1.47 bits per heavy atom. The third-order valence-electron chi connectivity index (χ3n) is 6.95. The number of carbonyl (C=O) groups is 1. The number of ether oxygens (including phenoxy) is 1. The third-order valence-corrected chi connectivity index (χ3v) is 6.95. The molecule has 0 spiro atoms. The molecule has 0 N–H and O–H groups in total. The fraction of sp³-hybridized carbons (Fsp3) is 0.500. The first-order chi connectivity index (χ1) is 16.9. The average Bonchev–Trinajstić information content (AvgIpc) is 3.37. The quantitative estimate of drug-likeness (QED) is 0.338. The third kappa shape index (κ3) is 6.14. The first kappa shape index (κ1) is 26.3. The van der Waals surface area contributed by atoms with Gasteiger partial charge in [0.15, 0.2) is 5.78 Å². The number of hydrogen-bond acceptors (Lipinski definition) is 4.